The fraction of sp³-hybridized carbons (Fsp3) is 0.333. The van der Waals surface area contributed by atoms with E-state index >= 15 is 0 Å². The summed E-state index contributed by atoms with van der Waals surface area (Å²) in [5.74, 6) is 0.477. The zero-order chi connectivity index (χ0) is 14.2. The Morgan fingerprint density at radius 2 is 1.85 bits per heavy atom. The van der Waals surface area contributed by atoms with Gasteiger partial charge in [-0.15, -0.1) is 0 Å². The van der Waals surface area contributed by atoms with Crippen LogP contribution in [0.2, 0.25) is 0 Å². The Labute approximate surface area is 119 Å². The SMILES string of the molecule is NC(CNS(=O)(=O)c1cccc2ccccc12)C1CC1. The van der Waals surface area contributed by atoms with Crippen LogP contribution in [-0.4, -0.2) is 21.0 Å². The molecule has 0 heterocycles. The second-order valence-corrected chi connectivity index (χ2v) is 7.07. The molecule has 5 heteroatoms. The fourth-order valence-corrected chi connectivity index (χ4v) is 3.71. The molecule has 20 heavy (non-hydrogen) atoms. The zero-order valence-electron chi connectivity index (χ0n) is 11.1. The Morgan fingerprint density at radius 3 is 2.60 bits per heavy atom. The highest BCUT2D eigenvalue weighted by atomic mass is 32.2. The van der Waals surface area contributed by atoms with E-state index in [9.17, 15) is 8.42 Å². The van der Waals surface area contributed by atoms with E-state index < -0.39 is 10.0 Å². The maximum Gasteiger partial charge on any atom is 0.241 e. The normalized spacial score (nSPS) is 17.2. The highest BCUT2D eigenvalue weighted by molar-refractivity contribution is 7.89. The smallest absolute Gasteiger partial charge is 0.241 e. The van der Waals surface area contributed by atoms with E-state index in [1.807, 2.05) is 30.3 Å². The fourth-order valence-electron chi connectivity index (χ4n) is 2.40. The number of fused-ring (bicyclic) bond motifs is 1. The number of hydrogen-bond acceptors (Lipinski definition) is 3. The van der Waals surface area contributed by atoms with Crippen molar-refractivity contribution < 1.29 is 8.42 Å². The summed E-state index contributed by atoms with van der Waals surface area (Å²) in [6, 6.07) is 12.7. The molecule has 1 saturated carbocycles. The molecule has 0 amide bonds. The van der Waals surface area contributed by atoms with Gasteiger partial charge in [0.05, 0.1) is 4.90 Å². The van der Waals surface area contributed by atoms with Gasteiger partial charge in [-0.05, 0) is 30.2 Å². The molecule has 1 aliphatic carbocycles. The molecule has 4 nitrogen and oxygen atoms in total. The molecule has 0 spiro atoms. The van der Waals surface area contributed by atoms with Crippen LogP contribution in [0.15, 0.2) is 47.4 Å². The lowest BCUT2D eigenvalue weighted by Crippen LogP contribution is -2.38. The van der Waals surface area contributed by atoms with Crippen molar-refractivity contribution in [3.05, 3.63) is 42.5 Å². The third-order valence-electron chi connectivity index (χ3n) is 3.78. The minimum absolute atomic E-state index is 0.0836. The van der Waals surface area contributed by atoms with E-state index in [0.717, 1.165) is 23.6 Å². The van der Waals surface area contributed by atoms with E-state index in [2.05, 4.69) is 4.72 Å². The van der Waals surface area contributed by atoms with Gasteiger partial charge < -0.3 is 5.73 Å². The van der Waals surface area contributed by atoms with Crippen molar-refractivity contribution in [2.75, 3.05) is 6.54 Å². The van der Waals surface area contributed by atoms with Crippen molar-refractivity contribution in [2.45, 2.75) is 23.8 Å². The van der Waals surface area contributed by atoms with E-state index in [0.29, 0.717) is 17.4 Å². The molecule has 1 fully saturated rings. The predicted octanol–water partition coefficient (Wildman–Crippen LogP) is 1.86. The number of rotatable bonds is 5. The molecule has 2 aromatic rings. The second kappa shape index (κ2) is 5.16. The van der Waals surface area contributed by atoms with Crippen LogP contribution in [-0.2, 0) is 10.0 Å². The number of hydrogen-bond donors (Lipinski definition) is 2. The van der Waals surface area contributed by atoms with E-state index in [1.54, 1.807) is 12.1 Å². The summed E-state index contributed by atoms with van der Waals surface area (Å²) in [6.45, 7) is 0.302. The van der Waals surface area contributed by atoms with Gasteiger partial charge in [0.25, 0.3) is 0 Å². The Bertz CT molecular complexity index is 718. The molecule has 0 saturated heterocycles. The van der Waals surface area contributed by atoms with Crippen LogP contribution >= 0.6 is 0 Å². The zero-order valence-corrected chi connectivity index (χ0v) is 11.9. The summed E-state index contributed by atoms with van der Waals surface area (Å²) in [5.41, 5.74) is 5.95. The Kier molecular flexibility index (Phi) is 3.50. The predicted molar refractivity (Wildman–Crippen MR) is 79.8 cm³/mol. The highest BCUT2D eigenvalue weighted by Gasteiger charge is 2.29. The van der Waals surface area contributed by atoms with Crippen molar-refractivity contribution >= 4 is 20.8 Å². The van der Waals surface area contributed by atoms with Crippen molar-refractivity contribution in [2.24, 2.45) is 11.7 Å². The molecule has 3 N–H and O–H groups in total. The Balaban J connectivity index is 1.88. The first-order chi connectivity index (χ1) is 9.58. The van der Waals surface area contributed by atoms with Crippen LogP contribution in [0.5, 0.6) is 0 Å². The number of nitrogens with two attached hydrogens (primary N) is 1. The first-order valence-electron chi connectivity index (χ1n) is 6.81. The minimum Gasteiger partial charge on any atom is -0.326 e. The van der Waals surface area contributed by atoms with Gasteiger partial charge in [-0.3, -0.25) is 0 Å². The first kappa shape index (κ1) is 13.5. The molecule has 0 radical (unpaired) electrons. The van der Waals surface area contributed by atoms with Gasteiger partial charge in [-0.25, -0.2) is 13.1 Å². The lowest BCUT2D eigenvalue weighted by Gasteiger charge is -2.13. The highest BCUT2D eigenvalue weighted by Crippen LogP contribution is 2.31. The van der Waals surface area contributed by atoms with Gasteiger partial charge in [0.2, 0.25) is 10.0 Å². The van der Waals surface area contributed by atoms with Gasteiger partial charge in [0, 0.05) is 18.0 Å². The van der Waals surface area contributed by atoms with Crippen LogP contribution in [0.4, 0.5) is 0 Å². The van der Waals surface area contributed by atoms with Crippen molar-refractivity contribution in [1.82, 2.24) is 4.72 Å². The lowest BCUT2D eigenvalue weighted by atomic mass is 10.1. The molecule has 1 atom stereocenters. The van der Waals surface area contributed by atoms with Gasteiger partial charge in [0.15, 0.2) is 0 Å². The molecule has 0 aromatic heterocycles. The second-order valence-electron chi connectivity index (χ2n) is 5.33. The van der Waals surface area contributed by atoms with Crippen LogP contribution in [0.3, 0.4) is 0 Å². The maximum absolute atomic E-state index is 12.4. The summed E-state index contributed by atoms with van der Waals surface area (Å²) >= 11 is 0. The number of sulfonamides is 1. The molecule has 2 aromatic carbocycles. The first-order valence-corrected chi connectivity index (χ1v) is 8.29. The molecule has 3 rings (SSSR count). The third-order valence-corrected chi connectivity index (χ3v) is 5.26. The van der Waals surface area contributed by atoms with Gasteiger partial charge in [0.1, 0.15) is 0 Å². The molecule has 0 aliphatic heterocycles. The molecule has 0 bridgehead atoms. The molecular weight excluding hydrogens is 272 g/mol. The molecular formula is C15H18N2O2S. The summed E-state index contributed by atoms with van der Waals surface area (Å²) in [4.78, 5) is 0.318. The summed E-state index contributed by atoms with van der Waals surface area (Å²) in [7, 11) is -3.52. The van der Waals surface area contributed by atoms with Crippen LogP contribution < -0.4 is 10.5 Å². The average molecular weight is 290 g/mol. The average Bonchev–Trinajstić information content (AvgIpc) is 3.29. The van der Waals surface area contributed by atoms with Crippen LogP contribution in [0.1, 0.15) is 12.8 Å². The Hall–Kier alpha value is -1.43. The van der Waals surface area contributed by atoms with E-state index in [-0.39, 0.29) is 6.04 Å². The standard InChI is InChI=1S/C15H18N2O2S/c16-14(12-8-9-12)10-17-20(18,19)15-7-3-5-11-4-1-2-6-13(11)15/h1-7,12,14,17H,8-10,16H2. The van der Waals surface area contributed by atoms with E-state index in [4.69, 9.17) is 5.73 Å². The third kappa shape index (κ3) is 2.70. The van der Waals surface area contributed by atoms with Crippen molar-refractivity contribution in [3.63, 3.8) is 0 Å². The van der Waals surface area contributed by atoms with Crippen LogP contribution in [0.25, 0.3) is 10.8 Å². The lowest BCUT2D eigenvalue weighted by molar-refractivity contribution is 0.548. The molecule has 1 aliphatic rings. The summed E-state index contributed by atoms with van der Waals surface area (Å²) in [6.07, 6.45) is 2.22. The van der Waals surface area contributed by atoms with Gasteiger partial charge >= 0.3 is 0 Å². The van der Waals surface area contributed by atoms with Crippen molar-refractivity contribution in [1.29, 1.82) is 0 Å². The molecule has 1 unspecified atom stereocenters. The van der Waals surface area contributed by atoms with Gasteiger partial charge in [-0.2, -0.15) is 0 Å². The molecule has 106 valence electrons. The van der Waals surface area contributed by atoms with E-state index in [1.165, 1.54) is 0 Å². The van der Waals surface area contributed by atoms with Crippen LogP contribution in [0, 0.1) is 5.92 Å². The topological polar surface area (TPSA) is 72.2 Å². The maximum atomic E-state index is 12.4. The summed E-state index contributed by atoms with van der Waals surface area (Å²) in [5, 5.41) is 1.66. The van der Waals surface area contributed by atoms with Crippen molar-refractivity contribution in [3.8, 4) is 0 Å². The van der Waals surface area contributed by atoms with Gasteiger partial charge in [-0.1, -0.05) is 36.4 Å². The monoisotopic (exact) mass is 290 g/mol. The summed E-state index contributed by atoms with van der Waals surface area (Å²) < 4.78 is 27.5. The number of nitrogens with one attached hydrogen (secondary N) is 1. The largest absolute Gasteiger partial charge is 0.326 e. The number of benzene rings is 2. The quantitative estimate of drug-likeness (QED) is 0.883. The minimum atomic E-state index is -3.52. The Morgan fingerprint density at radius 1 is 1.15 bits per heavy atom.